The van der Waals surface area contributed by atoms with Gasteiger partial charge in [-0.05, 0) is 38.3 Å². The summed E-state index contributed by atoms with van der Waals surface area (Å²) in [5, 5.41) is 10.3. The van der Waals surface area contributed by atoms with Crippen LogP contribution in [0.2, 0.25) is 0 Å². The second-order valence-corrected chi connectivity index (χ2v) is 5.75. The van der Waals surface area contributed by atoms with Crippen LogP contribution in [-0.4, -0.2) is 39.0 Å². The zero-order valence-electron chi connectivity index (χ0n) is 12.8. The number of fused-ring (bicyclic) bond motifs is 1. The van der Waals surface area contributed by atoms with Gasteiger partial charge in [-0.2, -0.15) is 0 Å². The highest BCUT2D eigenvalue weighted by Gasteiger charge is 2.35. The van der Waals surface area contributed by atoms with Gasteiger partial charge >= 0.3 is 5.97 Å². The van der Waals surface area contributed by atoms with Gasteiger partial charge in [-0.25, -0.2) is 4.79 Å². The molecule has 0 fully saturated rings. The third kappa shape index (κ3) is 2.63. The maximum atomic E-state index is 12.4. The summed E-state index contributed by atoms with van der Waals surface area (Å²) in [6, 6.07) is 9.85. The van der Waals surface area contributed by atoms with Gasteiger partial charge in [0.1, 0.15) is 12.1 Å². The zero-order valence-corrected chi connectivity index (χ0v) is 12.8. The number of para-hydroxylation sites is 1. The topological polar surface area (TPSA) is 62.5 Å². The molecule has 0 aliphatic carbocycles. The minimum absolute atomic E-state index is 0.132. The molecule has 0 bridgehead atoms. The number of amides is 1. The van der Waals surface area contributed by atoms with Crippen LogP contribution in [0.5, 0.6) is 0 Å². The van der Waals surface area contributed by atoms with E-state index >= 15 is 0 Å². The van der Waals surface area contributed by atoms with Crippen molar-refractivity contribution >= 4 is 22.8 Å². The first-order chi connectivity index (χ1) is 9.75. The Balaban J connectivity index is 2.30. The van der Waals surface area contributed by atoms with Crippen LogP contribution in [0.15, 0.2) is 30.3 Å². The molecular weight excluding hydrogens is 268 g/mol. The van der Waals surface area contributed by atoms with E-state index in [9.17, 15) is 14.7 Å². The summed E-state index contributed by atoms with van der Waals surface area (Å²) in [7, 11) is 1.53. The number of carbonyl (C=O) groups excluding carboxylic acids is 1. The minimum Gasteiger partial charge on any atom is -0.480 e. The van der Waals surface area contributed by atoms with Crippen molar-refractivity contribution in [3.8, 4) is 0 Å². The van der Waals surface area contributed by atoms with Gasteiger partial charge in [-0.3, -0.25) is 4.79 Å². The van der Waals surface area contributed by atoms with Crippen LogP contribution in [-0.2, 0) is 16.1 Å². The van der Waals surface area contributed by atoms with Crippen LogP contribution in [0.25, 0.3) is 10.9 Å². The number of hydrogen-bond donors (Lipinski definition) is 1. The average Bonchev–Trinajstić information content (AvgIpc) is 2.74. The number of carbonyl (C=O) groups is 2. The highest BCUT2D eigenvalue weighted by Crippen LogP contribution is 2.20. The van der Waals surface area contributed by atoms with Gasteiger partial charge in [0.15, 0.2) is 0 Å². The molecule has 0 saturated heterocycles. The van der Waals surface area contributed by atoms with E-state index < -0.39 is 11.5 Å². The molecule has 5 nitrogen and oxygen atoms in total. The van der Waals surface area contributed by atoms with Crippen molar-refractivity contribution in [3.63, 3.8) is 0 Å². The first-order valence-electron chi connectivity index (χ1n) is 6.80. The molecule has 2 rings (SSSR count). The van der Waals surface area contributed by atoms with E-state index in [1.807, 2.05) is 41.8 Å². The number of benzene rings is 1. The van der Waals surface area contributed by atoms with Crippen LogP contribution in [0.4, 0.5) is 0 Å². The number of aromatic nitrogens is 1. The number of rotatable bonds is 4. The third-order valence-electron chi connectivity index (χ3n) is 4.05. The molecule has 0 radical (unpaired) electrons. The lowest BCUT2D eigenvalue weighted by Gasteiger charge is -2.31. The van der Waals surface area contributed by atoms with Gasteiger partial charge in [0.25, 0.3) is 0 Å². The Morgan fingerprint density at radius 2 is 1.90 bits per heavy atom. The van der Waals surface area contributed by atoms with Crippen LogP contribution in [0, 0.1) is 6.92 Å². The summed E-state index contributed by atoms with van der Waals surface area (Å²) in [6.07, 6.45) is 0. The van der Waals surface area contributed by atoms with Gasteiger partial charge in [0.2, 0.25) is 5.91 Å². The maximum absolute atomic E-state index is 12.4. The molecule has 0 spiro atoms. The molecule has 0 unspecified atom stereocenters. The number of aryl methyl sites for hydroxylation is 1. The van der Waals surface area contributed by atoms with Crippen molar-refractivity contribution in [3.05, 3.63) is 36.0 Å². The Morgan fingerprint density at radius 1 is 1.29 bits per heavy atom. The molecule has 21 heavy (non-hydrogen) atoms. The van der Waals surface area contributed by atoms with Crippen molar-refractivity contribution in [1.82, 2.24) is 9.47 Å². The fraction of sp³-hybridized carbons (Fsp3) is 0.375. The molecular formula is C16H20N2O3. The summed E-state index contributed by atoms with van der Waals surface area (Å²) in [6.45, 7) is 5.11. The van der Waals surface area contributed by atoms with Crippen LogP contribution in [0.3, 0.4) is 0 Å². The summed E-state index contributed by atoms with van der Waals surface area (Å²) in [5.41, 5.74) is 0.726. The van der Waals surface area contributed by atoms with Gasteiger partial charge < -0.3 is 14.6 Å². The van der Waals surface area contributed by atoms with Crippen LogP contribution < -0.4 is 0 Å². The monoisotopic (exact) mass is 288 g/mol. The molecule has 112 valence electrons. The van der Waals surface area contributed by atoms with E-state index in [4.69, 9.17) is 0 Å². The smallest absolute Gasteiger partial charge is 0.329 e. The highest BCUT2D eigenvalue weighted by molar-refractivity contribution is 5.88. The summed E-state index contributed by atoms with van der Waals surface area (Å²) in [4.78, 5) is 24.9. The number of nitrogens with zero attached hydrogens (tertiary/aromatic N) is 2. The fourth-order valence-corrected chi connectivity index (χ4v) is 2.25. The molecule has 1 aromatic heterocycles. The molecule has 1 amide bonds. The maximum Gasteiger partial charge on any atom is 0.329 e. The summed E-state index contributed by atoms with van der Waals surface area (Å²) < 4.78 is 1.91. The molecule has 1 aromatic carbocycles. The van der Waals surface area contributed by atoms with Gasteiger partial charge in [-0.15, -0.1) is 0 Å². The number of hydrogen-bond acceptors (Lipinski definition) is 2. The van der Waals surface area contributed by atoms with E-state index in [0.29, 0.717) is 0 Å². The van der Waals surface area contributed by atoms with E-state index in [2.05, 4.69) is 0 Å². The zero-order chi connectivity index (χ0) is 15.8. The third-order valence-corrected chi connectivity index (χ3v) is 4.05. The standard InChI is InChI=1S/C16H20N2O3/c1-11-9-12-7-5-6-8-13(12)18(11)10-14(19)17(4)16(2,3)15(20)21/h5-9H,10H2,1-4H3,(H,20,21). The van der Waals surface area contributed by atoms with Crippen molar-refractivity contribution in [2.75, 3.05) is 7.05 Å². The average molecular weight is 288 g/mol. The molecule has 2 aromatic rings. The largest absolute Gasteiger partial charge is 0.480 e. The lowest BCUT2D eigenvalue weighted by molar-refractivity contribution is -0.155. The minimum atomic E-state index is -1.23. The highest BCUT2D eigenvalue weighted by atomic mass is 16.4. The molecule has 0 aliphatic heterocycles. The molecule has 1 heterocycles. The predicted octanol–water partition coefficient (Wildman–Crippen LogP) is 2.27. The van der Waals surface area contributed by atoms with Crippen LogP contribution in [0.1, 0.15) is 19.5 Å². The number of likely N-dealkylation sites (N-methyl/N-ethyl adjacent to an activating group) is 1. The van der Waals surface area contributed by atoms with Crippen LogP contribution >= 0.6 is 0 Å². The molecule has 0 saturated carbocycles. The van der Waals surface area contributed by atoms with E-state index in [-0.39, 0.29) is 12.5 Å². The van der Waals surface area contributed by atoms with E-state index in [0.717, 1.165) is 16.6 Å². The van der Waals surface area contributed by atoms with E-state index in [1.165, 1.54) is 25.8 Å². The van der Waals surface area contributed by atoms with Crippen molar-refractivity contribution in [2.45, 2.75) is 32.9 Å². The normalized spacial score (nSPS) is 11.6. The summed E-state index contributed by atoms with van der Waals surface area (Å²) >= 11 is 0. The van der Waals surface area contributed by atoms with Gasteiger partial charge in [0.05, 0.1) is 0 Å². The Kier molecular flexibility index (Phi) is 3.77. The van der Waals surface area contributed by atoms with Crippen molar-refractivity contribution < 1.29 is 14.7 Å². The Bertz CT molecular complexity index is 701. The Morgan fingerprint density at radius 3 is 2.52 bits per heavy atom. The summed E-state index contributed by atoms with van der Waals surface area (Å²) in [5.74, 6) is -1.25. The Hall–Kier alpha value is -2.30. The number of aliphatic carboxylic acids is 1. The second kappa shape index (κ2) is 5.24. The lowest BCUT2D eigenvalue weighted by Crippen LogP contribution is -2.51. The second-order valence-electron chi connectivity index (χ2n) is 5.75. The molecule has 0 atom stereocenters. The first kappa shape index (κ1) is 15.1. The van der Waals surface area contributed by atoms with Crippen molar-refractivity contribution in [1.29, 1.82) is 0 Å². The molecule has 5 heteroatoms. The lowest BCUT2D eigenvalue weighted by atomic mass is 10.0. The molecule has 0 aliphatic rings. The fourth-order valence-electron chi connectivity index (χ4n) is 2.25. The molecule has 1 N–H and O–H groups in total. The predicted molar refractivity (Wildman–Crippen MR) is 81.2 cm³/mol. The van der Waals surface area contributed by atoms with Gasteiger partial charge in [-0.1, -0.05) is 18.2 Å². The number of carboxylic acid groups (broad SMARTS) is 1. The quantitative estimate of drug-likeness (QED) is 0.938. The van der Waals surface area contributed by atoms with Gasteiger partial charge in [0, 0.05) is 18.3 Å². The SMILES string of the molecule is Cc1cc2ccccc2n1CC(=O)N(C)C(C)(C)C(=O)O. The van der Waals surface area contributed by atoms with E-state index in [1.54, 1.807) is 0 Å². The Labute approximate surface area is 123 Å². The number of carboxylic acids is 1. The van der Waals surface area contributed by atoms with Crippen molar-refractivity contribution in [2.24, 2.45) is 0 Å². The first-order valence-corrected chi connectivity index (χ1v) is 6.80.